The molecular formula is C14H19NO4. The summed E-state index contributed by atoms with van der Waals surface area (Å²) >= 11 is 0. The van der Waals surface area contributed by atoms with E-state index in [2.05, 4.69) is 12.2 Å². The standard InChI is InChI=1S/C14H19NO4/c1-10-5-2-3-6-11(10)15-13(16)9-19-14(17)12-7-4-8-18-12/h4,7-8,10-11H,2-3,5-6,9H2,1H3,(H,15,16)/t10-,11+/m1/s1. The van der Waals surface area contributed by atoms with Crippen molar-refractivity contribution in [3.05, 3.63) is 24.2 Å². The number of ether oxygens (including phenoxy) is 1. The Labute approximate surface area is 112 Å². The lowest BCUT2D eigenvalue weighted by atomic mass is 9.86. The molecule has 1 aromatic heterocycles. The van der Waals surface area contributed by atoms with Crippen LogP contribution in [0.2, 0.25) is 0 Å². The van der Waals surface area contributed by atoms with Crippen molar-refractivity contribution < 1.29 is 18.7 Å². The van der Waals surface area contributed by atoms with Crippen molar-refractivity contribution in [2.45, 2.75) is 38.6 Å². The summed E-state index contributed by atoms with van der Waals surface area (Å²) in [5.74, 6) is -0.271. The van der Waals surface area contributed by atoms with E-state index in [1.807, 2.05) is 0 Å². The quantitative estimate of drug-likeness (QED) is 0.847. The summed E-state index contributed by atoms with van der Waals surface area (Å²) in [6.07, 6.45) is 5.89. The number of carbonyl (C=O) groups excluding carboxylic acids is 2. The van der Waals surface area contributed by atoms with E-state index in [0.717, 1.165) is 19.3 Å². The zero-order valence-electron chi connectivity index (χ0n) is 11.1. The number of hydrogen-bond donors (Lipinski definition) is 1. The van der Waals surface area contributed by atoms with Crippen LogP contribution >= 0.6 is 0 Å². The number of esters is 1. The van der Waals surface area contributed by atoms with Crippen LogP contribution in [0.3, 0.4) is 0 Å². The molecule has 0 radical (unpaired) electrons. The fourth-order valence-electron chi connectivity index (χ4n) is 2.38. The van der Waals surface area contributed by atoms with Gasteiger partial charge in [-0.1, -0.05) is 19.8 Å². The molecule has 0 aromatic carbocycles. The van der Waals surface area contributed by atoms with Crippen molar-refractivity contribution in [2.75, 3.05) is 6.61 Å². The van der Waals surface area contributed by atoms with Crippen molar-refractivity contribution in [3.8, 4) is 0 Å². The molecule has 1 fully saturated rings. The van der Waals surface area contributed by atoms with Crippen molar-refractivity contribution >= 4 is 11.9 Å². The van der Waals surface area contributed by atoms with E-state index in [1.54, 1.807) is 6.07 Å². The smallest absolute Gasteiger partial charge is 0.374 e. The first kappa shape index (κ1) is 13.6. The van der Waals surface area contributed by atoms with Crippen LogP contribution in [0.4, 0.5) is 0 Å². The van der Waals surface area contributed by atoms with E-state index in [-0.39, 0.29) is 24.3 Å². The summed E-state index contributed by atoms with van der Waals surface area (Å²) in [7, 11) is 0. The molecule has 104 valence electrons. The van der Waals surface area contributed by atoms with Crippen LogP contribution in [0.25, 0.3) is 0 Å². The number of furan rings is 1. The minimum Gasteiger partial charge on any atom is -0.457 e. The highest BCUT2D eigenvalue weighted by molar-refractivity contribution is 5.88. The molecular weight excluding hydrogens is 246 g/mol. The van der Waals surface area contributed by atoms with Crippen molar-refractivity contribution in [1.82, 2.24) is 5.32 Å². The van der Waals surface area contributed by atoms with Gasteiger partial charge in [-0.05, 0) is 30.9 Å². The Hall–Kier alpha value is -1.78. The van der Waals surface area contributed by atoms with Crippen LogP contribution in [0.15, 0.2) is 22.8 Å². The van der Waals surface area contributed by atoms with E-state index in [0.29, 0.717) is 5.92 Å². The molecule has 5 nitrogen and oxygen atoms in total. The third kappa shape index (κ3) is 3.84. The predicted octanol–water partition coefficient (Wildman–Crippen LogP) is 2.13. The van der Waals surface area contributed by atoms with Gasteiger partial charge in [0.1, 0.15) is 0 Å². The number of rotatable bonds is 4. The summed E-state index contributed by atoms with van der Waals surface area (Å²) in [6, 6.07) is 3.30. The minimum absolute atomic E-state index is 0.110. The van der Waals surface area contributed by atoms with Gasteiger partial charge in [0.15, 0.2) is 6.61 Å². The Morgan fingerprint density at radius 1 is 1.42 bits per heavy atom. The van der Waals surface area contributed by atoms with Crippen LogP contribution in [-0.4, -0.2) is 24.5 Å². The predicted molar refractivity (Wildman–Crippen MR) is 68.6 cm³/mol. The normalized spacial score (nSPS) is 22.8. The van der Waals surface area contributed by atoms with Gasteiger partial charge in [0.25, 0.3) is 5.91 Å². The topological polar surface area (TPSA) is 68.5 Å². The van der Waals surface area contributed by atoms with Gasteiger partial charge in [0, 0.05) is 6.04 Å². The van der Waals surface area contributed by atoms with E-state index < -0.39 is 5.97 Å². The number of carbonyl (C=O) groups is 2. The zero-order chi connectivity index (χ0) is 13.7. The lowest BCUT2D eigenvalue weighted by molar-refractivity contribution is -0.125. The van der Waals surface area contributed by atoms with Gasteiger partial charge < -0.3 is 14.5 Å². The largest absolute Gasteiger partial charge is 0.457 e. The molecule has 1 saturated carbocycles. The van der Waals surface area contributed by atoms with Gasteiger partial charge in [0.2, 0.25) is 5.76 Å². The first-order valence-electron chi connectivity index (χ1n) is 6.67. The first-order valence-corrected chi connectivity index (χ1v) is 6.67. The van der Waals surface area contributed by atoms with E-state index in [4.69, 9.17) is 9.15 Å². The van der Waals surface area contributed by atoms with Gasteiger partial charge in [-0.15, -0.1) is 0 Å². The van der Waals surface area contributed by atoms with Crippen LogP contribution in [0.1, 0.15) is 43.2 Å². The third-order valence-corrected chi connectivity index (χ3v) is 3.51. The van der Waals surface area contributed by atoms with Crippen LogP contribution < -0.4 is 5.32 Å². The molecule has 0 spiro atoms. The van der Waals surface area contributed by atoms with Crippen molar-refractivity contribution in [1.29, 1.82) is 0 Å². The van der Waals surface area contributed by atoms with E-state index in [1.165, 1.54) is 18.8 Å². The molecule has 2 rings (SSSR count). The maximum Gasteiger partial charge on any atom is 0.374 e. The van der Waals surface area contributed by atoms with Gasteiger partial charge >= 0.3 is 5.97 Å². The van der Waals surface area contributed by atoms with Gasteiger partial charge in [0.05, 0.1) is 6.26 Å². The monoisotopic (exact) mass is 265 g/mol. The highest BCUT2D eigenvalue weighted by Gasteiger charge is 2.23. The summed E-state index contributed by atoms with van der Waals surface area (Å²) in [5, 5.41) is 2.92. The third-order valence-electron chi connectivity index (χ3n) is 3.51. The molecule has 19 heavy (non-hydrogen) atoms. The Morgan fingerprint density at radius 2 is 2.21 bits per heavy atom. The van der Waals surface area contributed by atoms with Crippen molar-refractivity contribution in [2.24, 2.45) is 5.92 Å². The van der Waals surface area contributed by atoms with Gasteiger partial charge in [-0.25, -0.2) is 4.79 Å². The fraction of sp³-hybridized carbons (Fsp3) is 0.571. The Balaban J connectivity index is 1.74. The molecule has 1 aliphatic rings. The Bertz CT molecular complexity index is 427. The molecule has 0 bridgehead atoms. The zero-order valence-corrected chi connectivity index (χ0v) is 11.1. The molecule has 1 amide bonds. The maximum atomic E-state index is 11.7. The van der Waals surface area contributed by atoms with Gasteiger partial charge in [-0.2, -0.15) is 0 Å². The average Bonchev–Trinajstić information content (AvgIpc) is 2.93. The molecule has 0 aliphatic heterocycles. The summed E-state index contributed by atoms with van der Waals surface area (Å²) in [4.78, 5) is 23.2. The second kappa shape index (κ2) is 6.41. The summed E-state index contributed by atoms with van der Waals surface area (Å²) in [6.45, 7) is 1.88. The highest BCUT2D eigenvalue weighted by atomic mass is 16.5. The fourth-order valence-corrected chi connectivity index (χ4v) is 2.38. The van der Waals surface area contributed by atoms with Crippen LogP contribution in [-0.2, 0) is 9.53 Å². The molecule has 0 saturated heterocycles. The van der Waals surface area contributed by atoms with Gasteiger partial charge in [-0.3, -0.25) is 4.79 Å². The molecule has 2 atom stereocenters. The molecule has 1 heterocycles. The lowest BCUT2D eigenvalue weighted by Crippen LogP contribution is -2.42. The van der Waals surface area contributed by atoms with Crippen LogP contribution in [0.5, 0.6) is 0 Å². The first-order chi connectivity index (χ1) is 9.16. The lowest BCUT2D eigenvalue weighted by Gasteiger charge is -2.29. The highest BCUT2D eigenvalue weighted by Crippen LogP contribution is 2.23. The molecule has 0 unspecified atom stereocenters. The second-order valence-electron chi connectivity index (χ2n) is 4.99. The van der Waals surface area contributed by atoms with E-state index >= 15 is 0 Å². The maximum absolute atomic E-state index is 11.7. The second-order valence-corrected chi connectivity index (χ2v) is 4.99. The van der Waals surface area contributed by atoms with Crippen molar-refractivity contribution in [3.63, 3.8) is 0 Å². The Kier molecular flexibility index (Phi) is 4.60. The molecule has 1 N–H and O–H groups in total. The minimum atomic E-state index is -0.614. The molecule has 1 aliphatic carbocycles. The van der Waals surface area contributed by atoms with E-state index in [9.17, 15) is 9.59 Å². The van der Waals surface area contributed by atoms with Crippen LogP contribution in [0, 0.1) is 5.92 Å². The Morgan fingerprint density at radius 3 is 2.89 bits per heavy atom. The number of amides is 1. The molecule has 1 aromatic rings. The average molecular weight is 265 g/mol. The molecule has 5 heteroatoms. The SMILES string of the molecule is C[C@@H]1CCCC[C@@H]1NC(=O)COC(=O)c1ccco1. The summed E-state index contributed by atoms with van der Waals surface area (Å²) < 4.78 is 9.77. The number of hydrogen-bond acceptors (Lipinski definition) is 4. The number of nitrogens with one attached hydrogen (secondary N) is 1. The summed E-state index contributed by atoms with van der Waals surface area (Å²) in [5.41, 5.74) is 0.